The van der Waals surface area contributed by atoms with E-state index in [0.29, 0.717) is 5.76 Å². The van der Waals surface area contributed by atoms with Crippen molar-refractivity contribution in [3.05, 3.63) is 71.9 Å². The van der Waals surface area contributed by atoms with Crippen molar-refractivity contribution < 1.29 is 9.32 Å². The minimum Gasteiger partial charge on any atom is -0.355 e. The van der Waals surface area contributed by atoms with Gasteiger partial charge in [0.1, 0.15) is 0 Å². The van der Waals surface area contributed by atoms with Crippen LogP contribution in [0.15, 0.2) is 65.2 Å². The maximum absolute atomic E-state index is 12.1. The summed E-state index contributed by atoms with van der Waals surface area (Å²) in [5, 5.41) is 6.61. The third kappa shape index (κ3) is 3.00. The molecule has 0 saturated carbocycles. The van der Waals surface area contributed by atoms with Crippen LogP contribution in [0.5, 0.6) is 0 Å². The highest BCUT2D eigenvalue weighted by Gasteiger charge is 2.13. The molecule has 1 amide bonds. The summed E-state index contributed by atoms with van der Waals surface area (Å²) < 4.78 is 5.22. The van der Waals surface area contributed by atoms with Crippen molar-refractivity contribution in [2.45, 2.75) is 6.92 Å². The largest absolute Gasteiger partial charge is 0.355 e. The molecule has 1 aromatic heterocycles. The summed E-state index contributed by atoms with van der Waals surface area (Å²) in [6.45, 7) is 2.00. The lowest BCUT2D eigenvalue weighted by molar-refractivity contribution is 0.101. The quantitative estimate of drug-likeness (QED) is 0.790. The van der Waals surface area contributed by atoms with Gasteiger partial charge in [-0.15, -0.1) is 0 Å². The predicted octanol–water partition coefficient (Wildman–Crippen LogP) is 3.90. The van der Waals surface area contributed by atoms with E-state index in [2.05, 4.69) is 10.5 Å². The van der Waals surface area contributed by atoms with Gasteiger partial charge in [0.05, 0.1) is 0 Å². The molecule has 0 aliphatic carbocycles. The van der Waals surface area contributed by atoms with E-state index in [0.717, 1.165) is 16.8 Å². The lowest BCUT2D eigenvalue weighted by Crippen LogP contribution is -2.11. The van der Waals surface area contributed by atoms with Crippen LogP contribution in [0.3, 0.4) is 0 Å². The van der Waals surface area contributed by atoms with E-state index in [1.54, 1.807) is 6.07 Å². The number of nitrogens with zero attached hydrogens (tertiary/aromatic N) is 1. The second-order valence-corrected chi connectivity index (χ2v) is 4.76. The van der Waals surface area contributed by atoms with E-state index in [-0.39, 0.29) is 11.6 Å². The molecule has 1 N–H and O–H groups in total. The molecule has 0 bridgehead atoms. The van der Waals surface area contributed by atoms with Crippen molar-refractivity contribution in [2.75, 3.05) is 5.32 Å². The summed E-state index contributed by atoms with van der Waals surface area (Å²) in [5.41, 5.74) is 3.02. The standard InChI is InChI=1S/C17H14N2O2/c1-12-7-9-14(10-8-12)18-17(20)15-11-16(21-19-15)13-5-3-2-4-6-13/h2-11H,1H3,(H,18,20). The number of anilines is 1. The summed E-state index contributed by atoms with van der Waals surface area (Å²) in [4.78, 5) is 12.1. The molecule has 0 unspecified atom stereocenters. The maximum Gasteiger partial charge on any atom is 0.277 e. The molecule has 0 aliphatic heterocycles. The Hall–Kier alpha value is -2.88. The van der Waals surface area contributed by atoms with Crippen LogP contribution in [0.2, 0.25) is 0 Å². The predicted molar refractivity (Wildman–Crippen MR) is 81.1 cm³/mol. The normalized spacial score (nSPS) is 10.3. The summed E-state index contributed by atoms with van der Waals surface area (Å²) in [5.74, 6) is 0.287. The number of nitrogens with one attached hydrogen (secondary N) is 1. The van der Waals surface area contributed by atoms with Gasteiger partial charge in [0.15, 0.2) is 11.5 Å². The molecule has 4 heteroatoms. The number of aryl methyl sites for hydroxylation is 1. The number of carbonyl (C=O) groups excluding carboxylic acids is 1. The van der Waals surface area contributed by atoms with Gasteiger partial charge in [-0.25, -0.2) is 0 Å². The molecule has 2 aromatic carbocycles. The zero-order valence-electron chi connectivity index (χ0n) is 11.5. The maximum atomic E-state index is 12.1. The fraction of sp³-hybridized carbons (Fsp3) is 0.0588. The number of benzene rings is 2. The number of rotatable bonds is 3. The topological polar surface area (TPSA) is 55.1 Å². The highest BCUT2D eigenvalue weighted by atomic mass is 16.5. The Bertz CT molecular complexity index is 746. The molecule has 0 atom stereocenters. The number of aromatic nitrogens is 1. The molecule has 0 radical (unpaired) electrons. The van der Waals surface area contributed by atoms with Crippen LogP contribution in [0, 0.1) is 6.92 Å². The Morgan fingerprint density at radius 2 is 1.76 bits per heavy atom. The molecule has 1 heterocycles. The van der Waals surface area contributed by atoms with Gasteiger partial charge < -0.3 is 9.84 Å². The van der Waals surface area contributed by atoms with Gasteiger partial charge in [-0.1, -0.05) is 53.2 Å². The van der Waals surface area contributed by atoms with Gasteiger partial charge in [0, 0.05) is 17.3 Å². The lowest BCUT2D eigenvalue weighted by Gasteiger charge is -2.02. The molecule has 0 spiro atoms. The smallest absolute Gasteiger partial charge is 0.277 e. The van der Waals surface area contributed by atoms with Crippen molar-refractivity contribution >= 4 is 11.6 Å². The van der Waals surface area contributed by atoms with Gasteiger partial charge in [-0.3, -0.25) is 4.79 Å². The lowest BCUT2D eigenvalue weighted by atomic mass is 10.1. The SMILES string of the molecule is Cc1ccc(NC(=O)c2cc(-c3ccccc3)on2)cc1. The molecule has 0 aliphatic rings. The monoisotopic (exact) mass is 278 g/mol. The molecule has 0 saturated heterocycles. The van der Waals surface area contributed by atoms with Crippen LogP contribution in [-0.4, -0.2) is 11.1 Å². The summed E-state index contributed by atoms with van der Waals surface area (Å²) in [6, 6.07) is 18.8. The second-order valence-electron chi connectivity index (χ2n) is 4.76. The Balaban J connectivity index is 1.77. The van der Waals surface area contributed by atoms with Crippen LogP contribution in [0.1, 0.15) is 16.1 Å². The minimum absolute atomic E-state index is 0.259. The third-order valence-electron chi connectivity index (χ3n) is 3.11. The van der Waals surface area contributed by atoms with Crippen molar-refractivity contribution in [3.63, 3.8) is 0 Å². The van der Waals surface area contributed by atoms with E-state index in [1.165, 1.54) is 0 Å². The summed E-state index contributed by atoms with van der Waals surface area (Å²) in [7, 11) is 0. The van der Waals surface area contributed by atoms with Gasteiger partial charge in [-0.2, -0.15) is 0 Å². The molecular formula is C17H14N2O2. The average molecular weight is 278 g/mol. The first-order valence-corrected chi connectivity index (χ1v) is 6.62. The Morgan fingerprint density at radius 1 is 1.05 bits per heavy atom. The molecule has 0 fully saturated rings. The number of carbonyl (C=O) groups is 1. The zero-order valence-corrected chi connectivity index (χ0v) is 11.5. The molecule has 3 aromatic rings. The minimum atomic E-state index is -0.287. The first-order valence-electron chi connectivity index (χ1n) is 6.62. The van der Waals surface area contributed by atoms with Crippen LogP contribution in [0.25, 0.3) is 11.3 Å². The van der Waals surface area contributed by atoms with Crippen molar-refractivity contribution in [1.29, 1.82) is 0 Å². The Morgan fingerprint density at radius 3 is 2.48 bits per heavy atom. The van der Waals surface area contributed by atoms with E-state index in [9.17, 15) is 4.79 Å². The van der Waals surface area contributed by atoms with Crippen molar-refractivity contribution in [3.8, 4) is 11.3 Å². The molecule has 4 nitrogen and oxygen atoms in total. The highest BCUT2D eigenvalue weighted by Crippen LogP contribution is 2.20. The van der Waals surface area contributed by atoms with Crippen molar-refractivity contribution in [1.82, 2.24) is 5.16 Å². The number of amides is 1. The first kappa shape index (κ1) is 13.1. The van der Waals surface area contributed by atoms with E-state index in [1.807, 2.05) is 61.5 Å². The molecule has 3 rings (SSSR count). The van der Waals surface area contributed by atoms with Gasteiger partial charge in [0.2, 0.25) is 0 Å². The molecule has 104 valence electrons. The van der Waals surface area contributed by atoms with Gasteiger partial charge in [0.25, 0.3) is 5.91 Å². The van der Waals surface area contributed by atoms with E-state index in [4.69, 9.17) is 4.52 Å². The molecular weight excluding hydrogens is 264 g/mol. The van der Waals surface area contributed by atoms with Gasteiger partial charge >= 0.3 is 0 Å². The first-order chi connectivity index (χ1) is 10.2. The highest BCUT2D eigenvalue weighted by molar-refractivity contribution is 6.03. The second kappa shape index (κ2) is 5.63. The average Bonchev–Trinajstić information content (AvgIpc) is 3.00. The molecule has 21 heavy (non-hydrogen) atoms. The number of hydrogen-bond donors (Lipinski definition) is 1. The van der Waals surface area contributed by atoms with Crippen molar-refractivity contribution in [2.24, 2.45) is 0 Å². The third-order valence-corrected chi connectivity index (χ3v) is 3.11. The fourth-order valence-electron chi connectivity index (χ4n) is 1.95. The Labute approximate surface area is 122 Å². The summed E-state index contributed by atoms with van der Waals surface area (Å²) >= 11 is 0. The summed E-state index contributed by atoms with van der Waals surface area (Å²) in [6.07, 6.45) is 0. The van der Waals surface area contributed by atoms with Gasteiger partial charge in [-0.05, 0) is 19.1 Å². The zero-order chi connectivity index (χ0) is 14.7. The fourth-order valence-corrected chi connectivity index (χ4v) is 1.95. The Kier molecular flexibility index (Phi) is 3.51. The number of hydrogen-bond acceptors (Lipinski definition) is 3. The van der Waals surface area contributed by atoms with Crippen LogP contribution >= 0.6 is 0 Å². The van der Waals surface area contributed by atoms with Crippen LogP contribution < -0.4 is 5.32 Å². The van der Waals surface area contributed by atoms with E-state index < -0.39 is 0 Å². The van der Waals surface area contributed by atoms with Crippen LogP contribution in [0.4, 0.5) is 5.69 Å². The van der Waals surface area contributed by atoms with E-state index >= 15 is 0 Å². The van der Waals surface area contributed by atoms with Crippen LogP contribution in [-0.2, 0) is 0 Å².